The van der Waals surface area contributed by atoms with Crippen LogP contribution >= 0.6 is 0 Å². The van der Waals surface area contributed by atoms with Crippen molar-refractivity contribution in [2.24, 2.45) is 5.92 Å². The van der Waals surface area contributed by atoms with Gasteiger partial charge in [-0.2, -0.15) is 0 Å². The quantitative estimate of drug-likeness (QED) is 0.655. The van der Waals surface area contributed by atoms with Gasteiger partial charge in [0, 0.05) is 32.3 Å². The Morgan fingerprint density at radius 3 is 2.75 bits per heavy atom. The monoisotopic (exact) mass is 306 g/mol. The summed E-state index contributed by atoms with van der Waals surface area (Å²) in [6, 6.07) is 0.413. The highest BCUT2D eigenvalue weighted by atomic mass is 32.2. The lowest BCUT2D eigenvalue weighted by Crippen LogP contribution is -2.41. The van der Waals surface area contributed by atoms with Crippen molar-refractivity contribution in [3.63, 3.8) is 0 Å². The number of hydrogen-bond donors (Lipinski definition) is 1. The maximum atomic E-state index is 11.6. The van der Waals surface area contributed by atoms with Crippen LogP contribution in [0.5, 0.6) is 0 Å². The Balaban J connectivity index is 2.36. The van der Waals surface area contributed by atoms with Gasteiger partial charge in [0.25, 0.3) is 0 Å². The second kappa shape index (κ2) is 8.97. The third-order valence-electron chi connectivity index (χ3n) is 3.94. The number of nitrogens with zero attached hydrogens (tertiary/aromatic N) is 1. The number of sulfonamides is 1. The summed E-state index contributed by atoms with van der Waals surface area (Å²) in [5, 5.41) is 3.33. The minimum atomic E-state index is -3.04. The van der Waals surface area contributed by atoms with Gasteiger partial charge in [0.2, 0.25) is 10.0 Å². The van der Waals surface area contributed by atoms with Crippen molar-refractivity contribution in [1.29, 1.82) is 0 Å². The van der Waals surface area contributed by atoms with Crippen LogP contribution in [-0.2, 0) is 14.8 Å². The summed E-state index contributed by atoms with van der Waals surface area (Å²) in [7, 11) is -1.06. The summed E-state index contributed by atoms with van der Waals surface area (Å²) in [4.78, 5) is 0. The first-order valence-corrected chi connectivity index (χ1v) is 9.52. The molecule has 2 unspecified atom stereocenters. The lowest BCUT2D eigenvalue weighted by molar-refractivity contribution is 0.120. The molecule has 2 atom stereocenters. The van der Waals surface area contributed by atoms with Gasteiger partial charge in [-0.05, 0) is 45.1 Å². The normalized spacial score (nSPS) is 22.9. The fourth-order valence-corrected chi connectivity index (χ4v) is 3.72. The van der Waals surface area contributed by atoms with Crippen molar-refractivity contribution in [1.82, 2.24) is 9.62 Å². The number of piperidine rings is 1. The molecule has 6 heteroatoms. The molecule has 1 saturated heterocycles. The standard InChI is InChI=1S/C14H30N2O3S/c1-4-9-19-10-7-14(15-2)11-13-6-5-8-16(12-13)20(3,17)18/h13-15H,4-12H2,1-3H3. The molecule has 0 radical (unpaired) electrons. The van der Waals surface area contributed by atoms with Crippen LogP contribution in [0.25, 0.3) is 0 Å². The molecule has 5 nitrogen and oxygen atoms in total. The molecule has 1 heterocycles. The van der Waals surface area contributed by atoms with Crippen molar-refractivity contribution < 1.29 is 13.2 Å². The van der Waals surface area contributed by atoms with E-state index in [0.29, 0.717) is 25.0 Å². The molecule has 0 aliphatic carbocycles. The minimum absolute atomic E-state index is 0.413. The molecule has 0 spiro atoms. The number of hydrogen-bond acceptors (Lipinski definition) is 4. The van der Waals surface area contributed by atoms with Gasteiger partial charge >= 0.3 is 0 Å². The van der Waals surface area contributed by atoms with E-state index >= 15 is 0 Å². The van der Waals surface area contributed by atoms with E-state index in [0.717, 1.165) is 45.3 Å². The molecule has 0 aromatic rings. The molecule has 0 saturated carbocycles. The van der Waals surface area contributed by atoms with Gasteiger partial charge in [-0.25, -0.2) is 12.7 Å². The largest absolute Gasteiger partial charge is 0.381 e. The summed E-state index contributed by atoms with van der Waals surface area (Å²) in [6.45, 7) is 5.06. The zero-order valence-electron chi connectivity index (χ0n) is 13.1. The van der Waals surface area contributed by atoms with E-state index in [-0.39, 0.29) is 0 Å². The Labute approximate surface area is 124 Å². The maximum Gasteiger partial charge on any atom is 0.211 e. The SMILES string of the molecule is CCCOCCC(CC1CCCN(S(C)(=O)=O)C1)NC. The predicted octanol–water partition coefficient (Wildman–Crippen LogP) is 1.45. The topological polar surface area (TPSA) is 58.6 Å². The van der Waals surface area contributed by atoms with Gasteiger partial charge in [-0.1, -0.05) is 6.92 Å². The van der Waals surface area contributed by atoms with Gasteiger partial charge in [0.05, 0.1) is 6.26 Å². The van der Waals surface area contributed by atoms with Crippen LogP contribution in [0, 0.1) is 5.92 Å². The maximum absolute atomic E-state index is 11.6. The second-order valence-electron chi connectivity index (χ2n) is 5.75. The molecular formula is C14H30N2O3S. The summed E-state index contributed by atoms with van der Waals surface area (Å²) >= 11 is 0. The Kier molecular flexibility index (Phi) is 8.02. The Morgan fingerprint density at radius 2 is 2.15 bits per heavy atom. The predicted molar refractivity (Wildman–Crippen MR) is 82.3 cm³/mol. The molecule has 20 heavy (non-hydrogen) atoms. The average molecular weight is 306 g/mol. The first-order chi connectivity index (χ1) is 9.47. The summed E-state index contributed by atoms with van der Waals surface area (Å²) < 4.78 is 30.4. The molecule has 0 amide bonds. The molecule has 1 aliphatic heterocycles. The summed E-state index contributed by atoms with van der Waals surface area (Å²) in [5.74, 6) is 0.460. The van der Waals surface area contributed by atoms with E-state index in [1.54, 1.807) is 4.31 Å². The van der Waals surface area contributed by atoms with Crippen molar-refractivity contribution >= 4 is 10.0 Å². The van der Waals surface area contributed by atoms with Crippen LogP contribution in [0.3, 0.4) is 0 Å². The molecule has 1 aliphatic rings. The third-order valence-corrected chi connectivity index (χ3v) is 5.21. The van der Waals surface area contributed by atoms with Crippen LogP contribution in [-0.4, -0.2) is 58.4 Å². The van der Waals surface area contributed by atoms with E-state index in [1.807, 2.05) is 7.05 Å². The van der Waals surface area contributed by atoms with Crippen molar-refractivity contribution in [3.05, 3.63) is 0 Å². The highest BCUT2D eigenvalue weighted by Gasteiger charge is 2.27. The Morgan fingerprint density at radius 1 is 1.40 bits per heavy atom. The van der Waals surface area contributed by atoms with Crippen molar-refractivity contribution in [2.45, 2.75) is 45.1 Å². The van der Waals surface area contributed by atoms with Crippen LogP contribution in [0.15, 0.2) is 0 Å². The summed E-state index contributed by atoms with van der Waals surface area (Å²) in [6.07, 6.45) is 6.48. The number of ether oxygens (including phenoxy) is 1. The van der Waals surface area contributed by atoms with Gasteiger partial charge in [-0.3, -0.25) is 0 Å². The molecule has 0 bridgehead atoms. The van der Waals surface area contributed by atoms with Crippen LogP contribution in [0.1, 0.15) is 39.0 Å². The van der Waals surface area contributed by atoms with E-state index in [2.05, 4.69) is 12.2 Å². The van der Waals surface area contributed by atoms with E-state index in [1.165, 1.54) is 6.26 Å². The van der Waals surface area contributed by atoms with Gasteiger partial charge in [0.15, 0.2) is 0 Å². The second-order valence-corrected chi connectivity index (χ2v) is 7.73. The molecule has 0 aromatic heterocycles. The highest BCUT2D eigenvalue weighted by molar-refractivity contribution is 7.88. The van der Waals surface area contributed by atoms with Crippen LogP contribution in [0.4, 0.5) is 0 Å². The van der Waals surface area contributed by atoms with E-state index in [4.69, 9.17) is 4.74 Å². The van der Waals surface area contributed by atoms with Crippen molar-refractivity contribution in [2.75, 3.05) is 39.6 Å². The minimum Gasteiger partial charge on any atom is -0.381 e. The summed E-state index contributed by atoms with van der Waals surface area (Å²) in [5.41, 5.74) is 0. The van der Waals surface area contributed by atoms with Gasteiger partial charge < -0.3 is 10.1 Å². The fraction of sp³-hybridized carbons (Fsp3) is 1.00. The molecule has 1 fully saturated rings. The zero-order chi connectivity index (χ0) is 15.0. The number of rotatable bonds is 9. The Hall–Kier alpha value is -0.170. The molecule has 0 aromatic carbocycles. The van der Waals surface area contributed by atoms with Gasteiger partial charge in [-0.15, -0.1) is 0 Å². The van der Waals surface area contributed by atoms with Crippen LogP contribution < -0.4 is 5.32 Å². The zero-order valence-corrected chi connectivity index (χ0v) is 13.9. The van der Waals surface area contributed by atoms with Gasteiger partial charge in [0.1, 0.15) is 0 Å². The number of nitrogens with one attached hydrogen (secondary N) is 1. The molecule has 1 N–H and O–H groups in total. The highest BCUT2D eigenvalue weighted by Crippen LogP contribution is 2.23. The average Bonchev–Trinajstić information content (AvgIpc) is 2.41. The van der Waals surface area contributed by atoms with E-state index < -0.39 is 10.0 Å². The third kappa shape index (κ3) is 6.52. The fourth-order valence-electron chi connectivity index (χ4n) is 2.77. The first-order valence-electron chi connectivity index (χ1n) is 7.67. The smallest absolute Gasteiger partial charge is 0.211 e. The van der Waals surface area contributed by atoms with Crippen LogP contribution in [0.2, 0.25) is 0 Å². The lowest BCUT2D eigenvalue weighted by atomic mass is 9.91. The molecular weight excluding hydrogens is 276 g/mol. The lowest BCUT2D eigenvalue weighted by Gasteiger charge is -2.33. The van der Waals surface area contributed by atoms with Crippen molar-refractivity contribution in [3.8, 4) is 0 Å². The molecule has 1 rings (SSSR count). The molecule has 120 valence electrons. The van der Waals surface area contributed by atoms with E-state index in [9.17, 15) is 8.42 Å². The Bertz CT molecular complexity index is 359. The first kappa shape index (κ1) is 17.9.